The smallest absolute Gasteiger partial charge is 0.224 e. The van der Waals surface area contributed by atoms with Crippen LogP contribution in [-0.4, -0.2) is 24.7 Å². The van der Waals surface area contributed by atoms with Gasteiger partial charge in [-0.3, -0.25) is 4.79 Å². The summed E-state index contributed by atoms with van der Waals surface area (Å²) < 4.78 is 18.1. The molecule has 0 bridgehead atoms. The van der Waals surface area contributed by atoms with E-state index in [1.807, 2.05) is 0 Å². The zero-order valence-corrected chi connectivity index (χ0v) is 12.3. The lowest BCUT2D eigenvalue weighted by molar-refractivity contribution is -0.120. The van der Waals surface area contributed by atoms with Crippen molar-refractivity contribution in [3.05, 3.63) is 65.5 Å². The van der Waals surface area contributed by atoms with Gasteiger partial charge >= 0.3 is 0 Å². The van der Waals surface area contributed by atoms with Gasteiger partial charge in [-0.2, -0.15) is 0 Å². The van der Waals surface area contributed by atoms with Gasteiger partial charge in [-0.15, -0.1) is 0 Å². The molecule has 0 fully saturated rings. The highest BCUT2D eigenvalue weighted by molar-refractivity contribution is 5.78. The molecule has 1 amide bonds. The highest BCUT2D eigenvalue weighted by Crippen LogP contribution is 2.18. The second-order valence-electron chi connectivity index (χ2n) is 4.90. The number of benzene rings is 2. The van der Waals surface area contributed by atoms with Gasteiger partial charge in [0.15, 0.2) is 0 Å². The number of carbonyl (C=O) groups is 1. The third kappa shape index (κ3) is 4.56. The summed E-state index contributed by atoms with van der Waals surface area (Å²) in [5.74, 6) is -0.00287. The van der Waals surface area contributed by atoms with Gasteiger partial charge in [0, 0.05) is 6.54 Å². The molecule has 2 N–H and O–H groups in total. The number of nitrogens with one attached hydrogen (secondary N) is 1. The van der Waals surface area contributed by atoms with E-state index in [0.717, 1.165) is 0 Å². The fourth-order valence-corrected chi connectivity index (χ4v) is 2.07. The number of hydrogen-bond acceptors (Lipinski definition) is 3. The van der Waals surface area contributed by atoms with Crippen LogP contribution in [0.2, 0.25) is 0 Å². The molecule has 0 radical (unpaired) electrons. The van der Waals surface area contributed by atoms with Crippen LogP contribution in [0.1, 0.15) is 17.2 Å². The zero-order chi connectivity index (χ0) is 15.9. The maximum Gasteiger partial charge on any atom is 0.224 e. The summed E-state index contributed by atoms with van der Waals surface area (Å²) in [6.07, 6.45) is -0.755. The molecular formula is C17H18FNO3. The van der Waals surface area contributed by atoms with Crippen molar-refractivity contribution in [2.75, 3.05) is 13.7 Å². The van der Waals surface area contributed by atoms with Crippen LogP contribution in [0, 0.1) is 5.82 Å². The Morgan fingerprint density at radius 1 is 1.27 bits per heavy atom. The highest BCUT2D eigenvalue weighted by atomic mass is 19.1. The van der Waals surface area contributed by atoms with Gasteiger partial charge in [0.25, 0.3) is 0 Å². The lowest BCUT2D eigenvalue weighted by Crippen LogP contribution is -2.29. The Labute approximate surface area is 128 Å². The molecule has 0 unspecified atom stereocenters. The van der Waals surface area contributed by atoms with Crippen LogP contribution in [0.3, 0.4) is 0 Å². The van der Waals surface area contributed by atoms with Gasteiger partial charge in [0.1, 0.15) is 11.6 Å². The first kappa shape index (κ1) is 16.0. The number of halogens is 1. The Balaban J connectivity index is 1.87. The molecule has 0 spiro atoms. The third-order valence-electron chi connectivity index (χ3n) is 3.22. The fourth-order valence-electron chi connectivity index (χ4n) is 2.07. The Bertz CT molecular complexity index is 645. The van der Waals surface area contributed by atoms with Crippen LogP contribution < -0.4 is 10.1 Å². The van der Waals surface area contributed by atoms with Crippen molar-refractivity contribution in [3.63, 3.8) is 0 Å². The lowest BCUT2D eigenvalue weighted by Gasteiger charge is -2.13. The molecule has 2 aromatic carbocycles. The molecule has 0 aliphatic heterocycles. The van der Waals surface area contributed by atoms with E-state index in [1.54, 1.807) is 43.5 Å². The second kappa shape index (κ2) is 7.56. The monoisotopic (exact) mass is 303 g/mol. The van der Waals surface area contributed by atoms with Crippen molar-refractivity contribution in [1.29, 1.82) is 0 Å². The second-order valence-corrected chi connectivity index (χ2v) is 4.90. The number of amides is 1. The lowest BCUT2D eigenvalue weighted by atomic mass is 10.1. The molecule has 22 heavy (non-hydrogen) atoms. The SMILES string of the molecule is COc1cccc([C@@H](O)CNC(=O)Cc2cccc(F)c2)c1. The molecule has 0 aliphatic carbocycles. The summed E-state index contributed by atoms with van der Waals surface area (Å²) in [7, 11) is 1.55. The fraction of sp³-hybridized carbons (Fsp3) is 0.235. The summed E-state index contributed by atoms with van der Waals surface area (Å²) in [5.41, 5.74) is 1.25. The molecule has 0 aliphatic rings. The van der Waals surface area contributed by atoms with Crippen LogP contribution in [0.4, 0.5) is 4.39 Å². The molecule has 116 valence electrons. The van der Waals surface area contributed by atoms with Crippen molar-refractivity contribution in [2.24, 2.45) is 0 Å². The maximum absolute atomic E-state index is 13.0. The first-order valence-corrected chi connectivity index (χ1v) is 6.91. The van der Waals surface area contributed by atoms with Crippen LogP contribution in [-0.2, 0) is 11.2 Å². The van der Waals surface area contributed by atoms with Crippen LogP contribution in [0.25, 0.3) is 0 Å². The molecule has 4 nitrogen and oxygen atoms in total. The van der Waals surface area contributed by atoms with E-state index in [9.17, 15) is 14.3 Å². The Morgan fingerprint density at radius 3 is 2.77 bits per heavy atom. The molecule has 0 aromatic heterocycles. The number of ether oxygens (including phenoxy) is 1. The average molecular weight is 303 g/mol. The summed E-state index contributed by atoms with van der Waals surface area (Å²) in [6.45, 7) is 0.0846. The summed E-state index contributed by atoms with van der Waals surface area (Å²) in [5, 5.41) is 12.7. The first-order valence-electron chi connectivity index (χ1n) is 6.91. The van der Waals surface area contributed by atoms with Crippen molar-refractivity contribution in [3.8, 4) is 5.75 Å². The van der Waals surface area contributed by atoms with E-state index in [1.165, 1.54) is 12.1 Å². The van der Waals surface area contributed by atoms with Gasteiger partial charge in [-0.25, -0.2) is 4.39 Å². The molecule has 2 rings (SSSR count). The predicted octanol–water partition coefficient (Wildman–Crippen LogP) is 2.23. The third-order valence-corrected chi connectivity index (χ3v) is 3.22. The number of aliphatic hydroxyl groups excluding tert-OH is 1. The van der Waals surface area contributed by atoms with Crippen LogP contribution >= 0.6 is 0 Å². The largest absolute Gasteiger partial charge is 0.497 e. The number of rotatable bonds is 6. The number of aliphatic hydroxyl groups is 1. The normalized spacial score (nSPS) is 11.8. The maximum atomic E-state index is 13.0. The van der Waals surface area contributed by atoms with Crippen molar-refractivity contribution in [2.45, 2.75) is 12.5 Å². The minimum Gasteiger partial charge on any atom is -0.497 e. The first-order chi connectivity index (χ1) is 10.6. The van der Waals surface area contributed by atoms with Crippen molar-refractivity contribution < 1.29 is 19.0 Å². The molecular weight excluding hydrogens is 285 g/mol. The minimum absolute atomic E-state index is 0.0720. The van der Waals surface area contributed by atoms with E-state index in [2.05, 4.69) is 5.32 Å². The van der Waals surface area contributed by atoms with Gasteiger partial charge in [0.2, 0.25) is 5.91 Å². The van der Waals surface area contributed by atoms with Crippen molar-refractivity contribution >= 4 is 5.91 Å². The van der Waals surface area contributed by atoms with Gasteiger partial charge in [-0.1, -0.05) is 24.3 Å². The van der Waals surface area contributed by atoms with Crippen molar-refractivity contribution in [1.82, 2.24) is 5.32 Å². The Morgan fingerprint density at radius 2 is 2.05 bits per heavy atom. The Kier molecular flexibility index (Phi) is 5.49. The molecule has 0 saturated heterocycles. The number of carbonyl (C=O) groups excluding carboxylic acids is 1. The summed E-state index contributed by atoms with van der Waals surface area (Å²) >= 11 is 0. The van der Waals surface area contributed by atoms with E-state index in [0.29, 0.717) is 16.9 Å². The van der Waals surface area contributed by atoms with E-state index in [4.69, 9.17) is 4.74 Å². The molecule has 1 atom stereocenters. The van der Waals surface area contributed by atoms with E-state index in [-0.39, 0.29) is 24.7 Å². The standard InChI is InChI=1S/C17H18FNO3/c1-22-15-7-3-5-13(10-15)16(20)11-19-17(21)9-12-4-2-6-14(18)8-12/h2-8,10,16,20H,9,11H2,1H3,(H,19,21)/t16-/m0/s1. The van der Waals surface area contributed by atoms with Crippen LogP contribution in [0.15, 0.2) is 48.5 Å². The number of methoxy groups -OCH3 is 1. The highest BCUT2D eigenvalue weighted by Gasteiger charge is 2.11. The molecule has 2 aromatic rings. The summed E-state index contributed by atoms with van der Waals surface area (Å²) in [6, 6.07) is 12.9. The minimum atomic E-state index is -0.827. The van der Waals surface area contributed by atoms with E-state index >= 15 is 0 Å². The zero-order valence-electron chi connectivity index (χ0n) is 12.3. The molecule has 5 heteroatoms. The Hall–Kier alpha value is -2.40. The van der Waals surface area contributed by atoms with E-state index < -0.39 is 6.10 Å². The average Bonchev–Trinajstić information content (AvgIpc) is 2.52. The topological polar surface area (TPSA) is 58.6 Å². The predicted molar refractivity (Wildman–Crippen MR) is 81.1 cm³/mol. The van der Waals surface area contributed by atoms with Gasteiger partial charge < -0.3 is 15.2 Å². The number of hydrogen-bond donors (Lipinski definition) is 2. The molecule has 0 heterocycles. The van der Waals surface area contributed by atoms with Gasteiger partial charge in [-0.05, 0) is 35.4 Å². The molecule has 0 saturated carbocycles. The quantitative estimate of drug-likeness (QED) is 0.860. The van der Waals surface area contributed by atoms with Crippen LogP contribution in [0.5, 0.6) is 5.75 Å². The summed E-state index contributed by atoms with van der Waals surface area (Å²) in [4.78, 5) is 11.8. The van der Waals surface area contributed by atoms with Gasteiger partial charge in [0.05, 0.1) is 19.6 Å².